The van der Waals surface area contributed by atoms with Gasteiger partial charge in [0.05, 0.1) is 0 Å². The van der Waals surface area contributed by atoms with Gasteiger partial charge in [-0.25, -0.2) is 9.97 Å². The highest BCUT2D eigenvalue weighted by atomic mass is 16.7. The monoisotopic (exact) mass is 397 g/mol. The summed E-state index contributed by atoms with van der Waals surface area (Å²) in [5.74, 6) is 3.50. The van der Waals surface area contributed by atoms with Crippen molar-refractivity contribution in [2.45, 2.75) is 6.54 Å². The summed E-state index contributed by atoms with van der Waals surface area (Å²) in [4.78, 5) is 13.5. The van der Waals surface area contributed by atoms with Crippen LogP contribution in [0.5, 0.6) is 11.5 Å². The highest BCUT2D eigenvalue weighted by Crippen LogP contribution is 2.35. The molecule has 30 heavy (non-hydrogen) atoms. The Morgan fingerprint density at radius 3 is 2.47 bits per heavy atom. The SMILES string of the molecule is c1ccc(-c2nc(NCc3ccncc3)cc(Nc3ccc4c(c3)OCO4)n2)cc1. The van der Waals surface area contributed by atoms with Gasteiger partial charge < -0.3 is 20.1 Å². The molecule has 0 saturated carbocycles. The standard InChI is InChI=1S/C23H19N5O2/c1-2-4-17(5-3-1)23-27-21(25-14-16-8-10-24-11-9-16)13-22(28-23)26-18-6-7-19-20(12-18)30-15-29-19/h1-13H,14-15H2,(H2,25,26,27,28). The Labute approximate surface area is 173 Å². The molecule has 5 rings (SSSR count). The molecule has 0 fully saturated rings. The van der Waals surface area contributed by atoms with Crippen LogP contribution in [-0.2, 0) is 6.54 Å². The molecule has 3 heterocycles. The fraction of sp³-hybridized carbons (Fsp3) is 0.0870. The maximum absolute atomic E-state index is 5.47. The van der Waals surface area contributed by atoms with Crippen LogP contribution in [0.25, 0.3) is 11.4 Å². The van der Waals surface area contributed by atoms with E-state index in [2.05, 4.69) is 15.6 Å². The highest BCUT2D eigenvalue weighted by Gasteiger charge is 2.14. The van der Waals surface area contributed by atoms with Gasteiger partial charge in [-0.15, -0.1) is 0 Å². The van der Waals surface area contributed by atoms with Gasteiger partial charge in [-0.2, -0.15) is 0 Å². The first kappa shape index (κ1) is 17.9. The molecule has 7 heteroatoms. The van der Waals surface area contributed by atoms with E-state index in [9.17, 15) is 0 Å². The number of anilines is 3. The molecule has 0 spiro atoms. The van der Waals surface area contributed by atoms with Crippen molar-refractivity contribution in [1.82, 2.24) is 15.0 Å². The third-order valence-electron chi connectivity index (χ3n) is 4.63. The van der Waals surface area contributed by atoms with Gasteiger partial charge in [0, 0.05) is 42.3 Å². The summed E-state index contributed by atoms with van der Waals surface area (Å²) < 4.78 is 10.9. The molecule has 1 aliphatic heterocycles. The molecule has 2 N–H and O–H groups in total. The third-order valence-corrected chi connectivity index (χ3v) is 4.63. The predicted molar refractivity (Wildman–Crippen MR) is 115 cm³/mol. The number of hydrogen-bond donors (Lipinski definition) is 2. The number of hydrogen-bond acceptors (Lipinski definition) is 7. The first-order valence-electron chi connectivity index (χ1n) is 9.57. The molecule has 0 bridgehead atoms. The molecular formula is C23H19N5O2. The number of nitrogens with one attached hydrogen (secondary N) is 2. The highest BCUT2D eigenvalue weighted by molar-refractivity contribution is 5.67. The van der Waals surface area contributed by atoms with Gasteiger partial charge in [0.2, 0.25) is 6.79 Å². The lowest BCUT2D eigenvalue weighted by atomic mass is 10.2. The van der Waals surface area contributed by atoms with Crippen molar-refractivity contribution in [3.05, 3.63) is 84.7 Å². The van der Waals surface area contributed by atoms with E-state index in [-0.39, 0.29) is 6.79 Å². The Balaban J connectivity index is 1.44. The zero-order chi connectivity index (χ0) is 20.2. The largest absolute Gasteiger partial charge is 0.454 e. The van der Waals surface area contributed by atoms with Crippen LogP contribution >= 0.6 is 0 Å². The zero-order valence-corrected chi connectivity index (χ0v) is 16.1. The molecule has 2 aromatic carbocycles. The molecule has 2 aromatic heterocycles. The summed E-state index contributed by atoms with van der Waals surface area (Å²) in [6, 6.07) is 21.4. The van der Waals surface area contributed by atoms with E-state index in [4.69, 9.17) is 19.4 Å². The normalized spacial score (nSPS) is 11.9. The number of benzene rings is 2. The summed E-state index contributed by atoms with van der Waals surface area (Å²) in [7, 11) is 0. The van der Waals surface area contributed by atoms with Crippen LogP contribution in [0.15, 0.2) is 79.1 Å². The van der Waals surface area contributed by atoms with Crippen LogP contribution in [0.1, 0.15) is 5.56 Å². The van der Waals surface area contributed by atoms with E-state index in [0.717, 1.165) is 28.4 Å². The van der Waals surface area contributed by atoms with Crippen LogP contribution in [0.2, 0.25) is 0 Å². The minimum absolute atomic E-state index is 0.244. The van der Waals surface area contributed by atoms with Gasteiger partial charge >= 0.3 is 0 Å². The summed E-state index contributed by atoms with van der Waals surface area (Å²) in [6.07, 6.45) is 3.55. The van der Waals surface area contributed by atoms with E-state index in [1.165, 1.54) is 0 Å². The van der Waals surface area contributed by atoms with E-state index in [0.29, 0.717) is 23.9 Å². The lowest BCUT2D eigenvalue weighted by Gasteiger charge is -2.12. The summed E-state index contributed by atoms with van der Waals surface area (Å²) >= 11 is 0. The number of fused-ring (bicyclic) bond motifs is 1. The predicted octanol–water partition coefficient (Wildman–Crippen LogP) is 4.62. The Bertz CT molecular complexity index is 1150. The van der Waals surface area contributed by atoms with Gasteiger partial charge in [0.1, 0.15) is 11.6 Å². The molecule has 0 radical (unpaired) electrons. The van der Waals surface area contributed by atoms with Gasteiger partial charge in [0.15, 0.2) is 17.3 Å². The molecule has 148 valence electrons. The van der Waals surface area contributed by atoms with Gasteiger partial charge in [-0.3, -0.25) is 4.98 Å². The quantitative estimate of drug-likeness (QED) is 0.491. The smallest absolute Gasteiger partial charge is 0.231 e. The lowest BCUT2D eigenvalue weighted by molar-refractivity contribution is 0.174. The maximum atomic E-state index is 5.47. The second-order valence-electron chi connectivity index (χ2n) is 6.73. The molecule has 4 aromatic rings. The molecule has 1 aliphatic rings. The number of aromatic nitrogens is 3. The fourth-order valence-corrected chi connectivity index (χ4v) is 3.13. The molecule has 0 unspecified atom stereocenters. The van der Waals surface area contributed by atoms with Crippen LogP contribution in [-0.4, -0.2) is 21.7 Å². The van der Waals surface area contributed by atoms with Crippen molar-refractivity contribution >= 4 is 17.3 Å². The van der Waals surface area contributed by atoms with Crippen molar-refractivity contribution in [3.63, 3.8) is 0 Å². The first-order valence-corrected chi connectivity index (χ1v) is 9.57. The second-order valence-corrected chi connectivity index (χ2v) is 6.73. The van der Waals surface area contributed by atoms with Crippen molar-refractivity contribution in [3.8, 4) is 22.9 Å². The van der Waals surface area contributed by atoms with Crippen LogP contribution < -0.4 is 20.1 Å². The van der Waals surface area contributed by atoms with Crippen LogP contribution in [0.3, 0.4) is 0 Å². The number of pyridine rings is 1. The third kappa shape index (κ3) is 4.00. The molecular weight excluding hydrogens is 378 g/mol. The first-order chi connectivity index (χ1) is 14.8. The van der Waals surface area contributed by atoms with E-state index in [1.807, 2.05) is 66.7 Å². The van der Waals surface area contributed by atoms with E-state index >= 15 is 0 Å². The van der Waals surface area contributed by atoms with Gasteiger partial charge in [0.25, 0.3) is 0 Å². The van der Waals surface area contributed by atoms with Crippen molar-refractivity contribution in [1.29, 1.82) is 0 Å². The molecule has 0 atom stereocenters. The van der Waals surface area contributed by atoms with Crippen molar-refractivity contribution < 1.29 is 9.47 Å². The van der Waals surface area contributed by atoms with Crippen molar-refractivity contribution in [2.24, 2.45) is 0 Å². The Hall–Kier alpha value is -4.13. The number of nitrogens with zero attached hydrogens (tertiary/aromatic N) is 3. The van der Waals surface area contributed by atoms with Crippen molar-refractivity contribution in [2.75, 3.05) is 17.4 Å². The molecule has 7 nitrogen and oxygen atoms in total. The molecule has 0 aliphatic carbocycles. The topological polar surface area (TPSA) is 81.2 Å². The summed E-state index contributed by atoms with van der Waals surface area (Å²) in [6.45, 7) is 0.880. The van der Waals surface area contributed by atoms with Gasteiger partial charge in [-0.1, -0.05) is 30.3 Å². The minimum atomic E-state index is 0.244. The van der Waals surface area contributed by atoms with Crippen LogP contribution in [0.4, 0.5) is 17.3 Å². The zero-order valence-electron chi connectivity index (χ0n) is 16.1. The molecule has 0 saturated heterocycles. The number of rotatable bonds is 6. The maximum Gasteiger partial charge on any atom is 0.231 e. The Kier molecular flexibility index (Phi) is 4.83. The Morgan fingerprint density at radius 1 is 0.800 bits per heavy atom. The molecule has 0 amide bonds. The second kappa shape index (κ2) is 8.08. The van der Waals surface area contributed by atoms with E-state index < -0.39 is 0 Å². The Morgan fingerprint density at radius 2 is 1.60 bits per heavy atom. The number of ether oxygens (including phenoxy) is 2. The fourth-order valence-electron chi connectivity index (χ4n) is 3.13. The summed E-state index contributed by atoms with van der Waals surface area (Å²) in [5.41, 5.74) is 2.92. The average molecular weight is 397 g/mol. The average Bonchev–Trinajstić information content (AvgIpc) is 3.27. The lowest BCUT2D eigenvalue weighted by Crippen LogP contribution is -2.05. The minimum Gasteiger partial charge on any atom is -0.454 e. The summed E-state index contributed by atoms with van der Waals surface area (Å²) in [5, 5.41) is 6.72. The van der Waals surface area contributed by atoms with E-state index in [1.54, 1.807) is 12.4 Å². The van der Waals surface area contributed by atoms with Gasteiger partial charge in [-0.05, 0) is 29.8 Å². The van der Waals surface area contributed by atoms with Crippen LogP contribution in [0, 0.1) is 0 Å².